The first kappa shape index (κ1) is 14.1. The largest absolute Gasteiger partial charge is 0.291 e. The maximum Gasteiger partial charge on any atom is 0.217 e. The molecule has 0 spiro atoms. The summed E-state index contributed by atoms with van der Waals surface area (Å²) in [5, 5.41) is 8.99. The summed E-state index contributed by atoms with van der Waals surface area (Å²) in [5.74, 6) is 0.258. The lowest BCUT2D eigenvalue weighted by Gasteiger charge is -2.24. The van der Waals surface area contributed by atoms with Crippen LogP contribution in [0.5, 0.6) is 0 Å². The smallest absolute Gasteiger partial charge is 0.217 e. The van der Waals surface area contributed by atoms with Gasteiger partial charge in [-0.25, -0.2) is 9.34 Å². The minimum Gasteiger partial charge on any atom is -0.291 e. The van der Waals surface area contributed by atoms with Crippen LogP contribution in [0.1, 0.15) is 24.0 Å². The topological polar surface area (TPSA) is 55.3 Å². The van der Waals surface area contributed by atoms with Gasteiger partial charge in [-0.15, -0.1) is 0 Å². The zero-order valence-electron chi connectivity index (χ0n) is 12.0. The van der Waals surface area contributed by atoms with Gasteiger partial charge in [-0.05, 0) is 30.0 Å². The van der Waals surface area contributed by atoms with Crippen molar-refractivity contribution in [3.05, 3.63) is 29.3 Å². The Labute approximate surface area is 120 Å². The first-order valence-electron chi connectivity index (χ1n) is 7.15. The summed E-state index contributed by atoms with van der Waals surface area (Å²) >= 11 is 0. The summed E-state index contributed by atoms with van der Waals surface area (Å²) in [6.45, 7) is 8.02. The predicted molar refractivity (Wildman–Crippen MR) is 80.6 cm³/mol. The van der Waals surface area contributed by atoms with Crippen molar-refractivity contribution in [2.45, 2.75) is 19.8 Å². The lowest BCUT2D eigenvalue weighted by molar-refractivity contribution is 0.388. The second-order valence-electron chi connectivity index (χ2n) is 5.84. The Morgan fingerprint density at radius 2 is 1.90 bits per heavy atom. The van der Waals surface area contributed by atoms with Gasteiger partial charge in [-0.2, -0.15) is 0 Å². The van der Waals surface area contributed by atoms with E-state index in [9.17, 15) is 4.57 Å². The summed E-state index contributed by atoms with van der Waals surface area (Å²) < 4.78 is 17.4. The molecular formula is C14H22N3O2P. The minimum absolute atomic E-state index is 0.258. The van der Waals surface area contributed by atoms with Crippen LogP contribution in [-0.4, -0.2) is 46.9 Å². The van der Waals surface area contributed by atoms with Crippen LogP contribution in [0.3, 0.4) is 0 Å². The van der Waals surface area contributed by atoms with Crippen molar-refractivity contribution in [2.24, 2.45) is 0 Å². The Morgan fingerprint density at radius 3 is 2.35 bits per heavy atom. The molecule has 1 atom stereocenters. The van der Waals surface area contributed by atoms with E-state index < -0.39 is 7.44 Å². The molecule has 6 heteroatoms. The van der Waals surface area contributed by atoms with Gasteiger partial charge in [-0.3, -0.25) is 15.3 Å². The van der Waals surface area contributed by atoms with Crippen molar-refractivity contribution < 1.29 is 9.77 Å². The third kappa shape index (κ3) is 2.63. The van der Waals surface area contributed by atoms with Crippen LogP contribution in [-0.2, 0) is 4.57 Å². The third-order valence-electron chi connectivity index (χ3n) is 4.18. The van der Waals surface area contributed by atoms with E-state index in [1.54, 1.807) is 0 Å². The van der Waals surface area contributed by atoms with Crippen molar-refractivity contribution in [3.63, 3.8) is 0 Å². The van der Waals surface area contributed by atoms with Crippen LogP contribution in [0, 0.1) is 6.92 Å². The SMILES string of the molecule is Cc1cc(C(C)CP(=O)(N2CC2)N2CC2)ccc1NO. The van der Waals surface area contributed by atoms with E-state index in [-0.39, 0.29) is 5.92 Å². The summed E-state index contributed by atoms with van der Waals surface area (Å²) in [7, 11) is -2.29. The van der Waals surface area contributed by atoms with Gasteiger partial charge >= 0.3 is 0 Å². The van der Waals surface area contributed by atoms with Crippen molar-refractivity contribution in [1.29, 1.82) is 0 Å². The highest BCUT2D eigenvalue weighted by Crippen LogP contribution is 2.61. The maximum atomic E-state index is 13.1. The van der Waals surface area contributed by atoms with Gasteiger partial charge in [0.2, 0.25) is 7.44 Å². The van der Waals surface area contributed by atoms with Gasteiger partial charge in [0, 0.05) is 32.3 Å². The molecule has 0 saturated carbocycles. The lowest BCUT2D eigenvalue weighted by atomic mass is 10.0. The Balaban J connectivity index is 1.76. The van der Waals surface area contributed by atoms with Crippen LogP contribution >= 0.6 is 7.44 Å². The molecule has 0 radical (unpaired) electrons. The number of hydrogen-bond donors (Lipinski definition) is 2. The van der Waals surface area contributed by atoms with Crippen LogP contribution in [0.25, 0.3) is 0 Å². The van der Waals surface area contributed by atoms with E-state index in [2.05, 4.69) is 27.8 Å². The first-order chi connectivity index (χ1) is 9.54. The summed E-state index contributed by atoms with van der Waals surface area (Å²) in [4.78, 5) is 0. The van der Waals surface area contributed by atoms with Gasteiger partial charge in [0.15, 0.2) is 0 Å². The van der Waals surface area contributed by atoms with E-state index in [0.29, 0.717) is 0 Å². The molecule has 3 rings (SSSR count). The number of hydrogen-bond acceptors (Lipinski definition) is 3. The second kappa shape index (κ2) is 5.15. The second-order valence-corrected chi connectivity index (χ2v) is 8.67. The number of benzene rings is 1. The lowest BCUT2D eigenvalue weighted by Crippen LogP contribution is -2.13. The number of anilines is 1. The molecule has 2 aliphatic rings. The van der Waals surface area contributed by atoms with E-state index >= 15 is 0 Å². The molecule has 1 aromatic rings. The molecule has 2 saturated heterocycles. The van der Waals surface area contributed by atoms with Crippen molar-refractivity contribution in [2.75, 3.05) is 37.8 Å². The van der Waals surface area contributed by atoms with Crippen molar-refractivity contribution >= 4 is 13.1 Å². The van der Waals surface area contributed by atoms with Gasteiger partial charge in [0.25, 0.3) is 0 Å². The highest BCUT2D eigenvalue weighted by molar-refractivity contribution is 7.59. The van der Waals surface area contributed by atoms with Crippen molar-refractivity contribution in [1.82, 2.24) is 9.34 Å². The van der Waals surface area contributed by atoms with Crippen LogP contribution in [0.2, 0.25) is 0 Å². The number of nitrogens with zero attached hydrogens (tertiary/aromatic N) is 2. The number of aryl methyl sites for hydroxylation is 1. The molecular weight excluding hydrogens is 273 g/mol. The van der Waals surface area contributed by atoms with Gasteiger partial charge in [-0.1, -0.05) is 19.1 Å². The molecule has 2 heterocycles. The summed E-state index contributed by atoms with van der Waals surface area (Å²) in [6.07, 6.45) is 0.721. The zero-order valence-corrected chi connectivity index (χ0v) is 12.9. The Kier molecular flexibility index (Phi) is 3.63. The molecule has 20 heavy (non-hydrogen) atoms. The fraction of sp³-hybridized carbons (Fsp3) is 0.571. The van der Waals surface area contributed by atoms with Gasteiger partial charge in [0.05, 0.1) is 5.69 Å². The maximum absolute atomic E-state index is 13.1. The molecule has 1 aromatic carbocycles. The van der Waals surface area contributed by atoms with Crippen LogP contribution in [0.4, 0.5) is 5.69 Å². The molecule has 5 nitrogen and oxygen atoms in total. The fourth-order valence-electron chi connectivity index (χ4n) is 2.71. The molecule has 0 amide bonds. The number of nitrogens with one attached hydrogen (secondary N) is 1. The summed E-state index contributed by atoms with van der Waals surface area (Å²) in [5.41, 5.74) is 5.11. The molecule has 110 valence electrons. The average Bonchev–Trinajstić information content (AvgIpc) is 3.31. The highest BCUT2D eigenvalue weighted by atomic mass is 31.2. The Hall–Kier alpha value is -0.870. The molecule has 2 N–H and O–H groups in total. The highest BCUT2D eigenvalue weighted by Gasteiger charge is 2.47. The normalized spacial score (nSPS) is 20.8. The molecule has 0 aromatic heterocycles. The number of rotatable bonds is 6. The minimum atomic E-state index is -2.29. The van der Waals surface area contributed by atoms with E-state index in [1.165, 1.54) is 5.56 Å². The molecule has 2 aliphatic heterocycles. The van der Waals surface area contributed by atoms with E-state index in [4.69, 9.17) is 5.21 Å². The summed E-state index contributed by atoms with van der Waals surface area (Å²) in [6, 6.07) is 5.95. The van der Waals surface area contributed by atoms with Gasteiger partial charge in [0.1, 0.15) is 0 Å². The standard InChI is InChI=1S/C14H22N3O2P/c1-11-9-13(3-4-14(11)15-18)12(2)10-20(19,16-5-6-16)17-7-8-17/h3-4,9,12,15,18H,5-8,10H2,1-2H3. The van der Waals surface area contributed by atoms with Gasteiger partial charge < -0.3 is 0 Å². The molecule has 0 aliphatic carbocycles. The quantitative estimate of drug-likeness (QED) is 0.480. The molecule has 0 bridgehead atoms. The molecule has 1 unspecified atom stereocenters. The van der Waals surface area contributed by atoms with E-state index in [0.717, 1.165) is 43.6 Å². The Bertz CT molecular complexity index is 539. The fourth-order valence-corrected chi connectivity index (χ4v) is 5.88. The molecule has 2 fully saturated rings. The van der Waals surface area contributed by atoms with Crippen LogP contribution < -0.4 is 5.48 Å². The van der Waals surface area contributed by atoms with Crippen molar-refractivity contribution in [3.8, 4) is 0 Å². The van der Waals surface area contributed by atoms with Crippen LogP contribution in [0.15, 0.2) is 18.2 Å². The Morgan fingerprint density at radius 1 is 1.30 bits per heavy atom. The predicted octanol–water partition coefficient (Wildman–Crippen LogP) is 2.72. The monoisotopic (exact) mass is 295 g/mol. The third-order valence-corrected chi connectivity index (χ3v) is 7.77. The average molecular weight is 295 g/mol. The first-order valence-corrected chi connectivity index (χ1v) is 8.95. The van der Waals surface area contributed by atoms with E-state index in [1.807, 2.05) is 19.1 Å². The zero-order chi connectivity index (χ0) is 14.3.